The molecule has 0 aliphatic carbocycles. The zero-order chi connectivity index (χ0) is 12.2. The molecule has 0 saturated heterocycles. The van der Waals surface area contributed by atoms with Crippen molar-refractivity contribution < 1.29 is 0 Å². The van der Waals surface area contributed by atoms with Crippen LogP contribution in [0.3, 0.4) is 0 Å². The highest BCUT2D eigenvalue weighted by molar-refractivity contribution is 5.29. The van der Waals surface area contributed by atoms with Crippen LogP contribution in [0, 0.1) is 0 Å². The van der Waals surface area contributed by atoms with Crippen molar-refractivity contribution in [2.45, 2.75) is 45.1 Å². The molecule has 1 aromatic carbocycles. The molecule has 1 aromatic rings. The van der Waals surface area contributed by atoms with Crippen molar-refractivity contribution in [1.82, 2.24) is 0 Å². The number of benzene rings is 1. The molecule has 0 aliphatic heterocycles. The zero-order valence-electron chi connectivity index (χ0n) is 10.7. The van der Waals surface area contributed by atoms with Gasteiger partial charge in [0.1, 0.15) is 0 Å². The molecule has 1 rings (SSSR count). The van der Waals surface area contributed by atoms with Crippen molar-refractivity contribution >= 4 is 0 Å². The predicted molar refractivity (Wildman–Crippen MR) is 70.4 cm³/mol. The van der Waals surface area contributed by atoms with E-state index in [0.29, 0.717) is 6.54 Å². The summed E-state index contributed by atoms with van der Waals surface area (Å²) in [6.07, 6.45) is 1.95. The fourth-order valence-corrected chi connectivity index (χ4v) is 1.73. The quantitative estimate of drug-likeness (QED) is 0.819. The molecule has 90 valence electrons. The van der Waals surface area contributed by atoms with Gasteiger partial charge in [-0.1, -0.05) is 45.0 Å². The van der Waals surface area contributed by atoms with Crippen LogP contribution in [-0.4, -0.2) is 6.54 Å². The first-order valence-corrected chi connectivity index (χ1v) is 6.01. The summed E-state index contributed by atoms with van der Waals surface area (Å²) in [7, 11) is 0. The first kappa shape index (κ1) is 13.2. The SMILES string of the molecule is CC(C)(C)c1ccc([C@@H](N)CCCN)cc1. The summed E-state index contributed by atoms with van der Waals surface area (Å²) in [5.41, 5.74) is 14.3. The van der Waals surface area contributed by atoms with Gasteiger partial charge < -0.3 is 11.5 Å². The van der Waals surface area contributed by atoms with Gasteiger partial charge in [0.25, 0.3) is 0 Å². The Labute approximate surface area is 99.0 Å². The van der Waals surface area contributed by atoms with Crippen LogP contribution < -0.4 is 11.5 Å². The van der Waals surface area contributed by atoms with Crippen molar-refractivity contribution in [2.24, 2.45) is 11.5 Å². The van der Waals surface area contributed by atoms with Crippen LogP contribution >= 0.6 is 0 Å². The van der Waals surface area contributed by atoms with E-state index in [1.165, 1.54) is 11.1 Å². The van der Waals surface area contributed by atoms with Crippen LogP contribution in [0.15, 0.2) is 24.3 Å². The molecular weight excluding hydrogens is 196 g/mol. The van der Waals surface area contributed by atoms with Crippen LogP contribution in [0.4, 0.5) is 0 Å². The minimum Gasteiger partial charge on any atom is -0.330 e. The Morgan fingerprint density at radius 1 is 1.12 bits per heavy atom. The van der Waals surface area contributed by atoms with Gasteiger partial charge in [-0.3, -0.25) is 0 Å². The minimum atomic E-state index is 0.123. The third kappa shape index (κ3) is 3.62. The molecule has 0 fully saturated rings. The van der Waals surface area contributed by atoms with Crippen molar-refractivity contribution in [1.29, 1.82) is 0 Å². The average Bonchev–Trinajstić information content (AvgIpc) is 2.25. The smallest absolute Gasteiger partial charge is 0.0295 e. The minimum absolute atomic E-state index is 0.123. The van der Waals surface area contributed by atoms with Crippen LogP contribution in [0.2, 0.25) is 0 Å². The number of nitrogens with two attached hydrogens (primary N) is 2. The highest BCUT2D eigenvalue weighted by Crippen LogP contribution is 2.24. The molecule has 16 heavy (non-hydrogen) atoms. The van der Waals surface area contributed by atoms with Crippen LogP contribution in [0.5, 0.6) is 0 Å². The molecule has 2 heteroatoms. The predicted octanol–water partition coefficient (Wildman–Crippen LogP) is 2.72. The lowest BCUT2D eigenvalue weighted by atomic mass is 9.86. The van der Waals surface area contributed by atoms with Gasteiger partial charge in [-0.25, -0.2) is 0 Å². The Balaban J connectivity index is 2.71. The molecule has 4 N–H and O–H groups in total. The maximum atomic E-state index is 6.08. The van der Waals surface area contributed by atoms with E-state index in [1.54, 1.807) is 0 Å². The first-order chi connectivity index (χ1) is 7.45. The molecular formula is C14H24N2. The molecule has 0 amide bonds. The summed E-state index contributed by atoms with van der Waals surface area (Å²) >= 11 is 0. The van der Waals surface area contributed by atoms with E-state index in [2.05, 4.69) is 45.0 Å². The highest BCUT2D eigenvalue weighted by atomic mass is 14.6. The van der Waals surface area contributed by atoms with Crippen LogP contribution in [0.25, 0.3) is 0 Å². The summed E-state index contributed by atoms with van der Waals surface area (Å²) in [5.74, 6) is 0. The highest BCUT2D eigenvalue weighted by Gasteiger charge is 2.13. The number of hydrogen-bond donors (Lipinski definition) is 2. The Kier molecular flexibility index (Phi) is 4.51. The number of rotatable bonds is 4. The van der Waals surface area contributed by atoms with E-state index in [4.69, 9.17) is 11.5 Å². The molecule has 0 saturated carbocycles. The normalized spacial score (nSPS) is 13.8. The van der Waals surface area contributed by atoms with Gasteiger partial charge in [-0.05, 0) is 35.9 Å². The van der Waals surface area contributed by atoms with E-state index in [0.717, 1.165) is 12.8 Å². The molecule has 0 aliphatic rings. The summed E-state index contributed by atoms with van der Waals surface area (Å²) in [6.45, 7) is 7.37. The van der Waals surface area contributed by atoms with E-state index in [9.17, 15) is 0 Å². The van der Waals surface area contributed by atoms with Gasteiger partial charge >= 0.3 is 0 Å². The zero-order valence-corrected chi connectivity index (χ0v) is 10.7. The van der Waals surface area contributed by atoms with Gasteiger partial charge in [0, 0.05) is 6.04 Å². The Bertz CT molecular complexity index is 309. The van der Waals surface area contributed by atoms with E-state index in [-0.39, 0.29) is 11.5 Å². The fourth-order valence-electron chi connectivity index (χ4n) is 1.73. The fraction of sp³-hybridized carbons (Fsp3) is 0.571. The van der Waals surface area contributed by atoms with E-state index >= 15 is 0 Å². The van der Waals surface area contributed by atoms with Gasteiger partial charge in [0.15, 0.2) is 0 Å². The Morgan fingerprint density at radius 2 is 1.69 bits per heavy atom. The second-order valence-electron chi connectivity index (χ2n) is 5.41. The summed E-state index contributed by atoms with van der Waals surface area (Å²) in [4.78, 5) is 0. The standard InChI is InChI=1S/C14H24N2/c1-14(2,3)12-8-6-11(7-9-12)13(16)5-4-10-15/h6-9,13H,4-5,10,15-16H2,1-3H3/t13-/m0/s1. The molecule has 0 radical (unpaired) electrons. The lowest BCUT2D eigenvalue weighted by molar-refractivity contribution is 0.587. The third-order valence-electron chi connectivity index (χ3n) is 2.92. The van der Waals surface area contributed by atoms with E-state index in [1.807, 2.05) is 0 Å². The topological polar surface area (TPSA) is 52.0 Å². The van der Waals surface area contributed by atoms with Crippen LogP contribution in [-0.2, 0) is 5.41 Å². The largest absolute Gasteiger partial charge is 0.330 e. The maximum absolute atomic E-state index is 6.08. The van der Waals surface area contributed by atoms with Crippen molar-refractivity contribution in [3.8, 4) is 0 Å². The molecule has 0 spiro atoms. The maximum Gasteiger partial charge on any atom is 0.0295 e. The monoisotopic (exact) mass is 220 g/mol. The third-order valence-corrected chi connectivity index (χ3v) is 2.92. The second-order valence-corrected chi connectivity index (χ2v) is 5.41. The van der Waals surface area contributed by atoms with Crippen LogP contribution in [0.1, 0.15) is 50.8 Å². The second kappa shape index (κ2) is 5.46. The Hall–Kier alpha value is -0.860. The first-order valence-electron chi connectivity index (χ1n) is 6.01. The molecule has 0 aromatic heterocycles. The summed E-state index contributed by atoms with van der Waals surface area (Å²) in [6, 6.07) is 8.76. The number of hydrogen-bond acceptors (Lipinski definition) is 2. The molecule has 0 heterocycles. The van der Waals surface area contributed by atoms with Gasteiger partial charge in [-0.15, -0.1) is 0 Å². The molecule has 0 bridgehead atoms. The summed E-state index contributed by atoms with van der Waals surface area (Å²) in [5, 5.41) is 0. The molecule has 1 atom stereocenters. The lowest BCUT2D eigenvalue weighted by Crippen LogP contribution is -2.14. The van der Waals surface area contributed by atoms with E-state index < -0.39 is 0 Å². The van der Waals surface area contributed by atoms with Crippen molar-refractivity contribution in [2.75, 3.05) is 6.54 Å². The van der Waals surface area contributed by atoms with Crippen molar-refractivity contribution in [3.63, 3.8) is 0 Å². The van der Waals surface area contributed by atoms with Gasteiger partial charge in [-0.2, -0.15) is 0 Å². The van der Waals surface area contributed by atoms with Gasteiger partial charge in [0.2, 0.25) is 0 Å². The molecule has 2 nitrogen and oxygen atoms in total. The Morgan fingerprint density at radius 3 is 2.12 bits per heavy atom. The summed E-state index contributed by atoms with van der Waals surface area (Å²) < 4.78 is 0. The van der Waals surface area contributed by atoms with Gasteiger partial charge in [0.05, 0.1) is 0 Å². The average molecular weight is 220 g/mol. The van der Waals surface area contributed by atoms with Crippen molar-refractivity contribution in [3.05, 3.63) is 35.4 Å². The molecule has 0 unspecified atom stereocenters. The lowest BCUT2D eigenvalue weighted by Gasteiger charge is -2.20.